The summed E-state index contributed by atoms with van der Waals surface area (Å²) in [5, 5.41) is 0. The number of fused-ring (bicyclic) bond motifs is 1. The molecule has 1 nitrogen and oxygen atoms in total. The van der Waals surface area contributed by atoms with E-state index in [0.29, 0.717) is 5.54 Å². The fraction of sp³-hybridized carbons (Fsp3) is 1.00. The van der Waals surface area contributed by atoms with Crippen molar-refractivity contribution in [1.29, 1.82) is 0 Å². The zero-order valence-electron chi connectivity index (χ0n) is 12.9. The smallest absolute Gasteiger partial charge is 0.0125 e. The van der Waals surface area contributed by atoms with E-state index >= 15 is 0 Å². The van der Waals surface area contributed by atoms with Gasteiger partial charge in [0.15, 0.2) is 0 Å². The Morgan fingerprint density at radius 2 is 1.28 bits per heavy atom. The second-order valence-electron chi connectivity index (χ2n) is 7.62. The molecule has 0 bridgehead atoms. The van der Waals surface area contributed by atoms with Crippen LogP contribution < -0.4 is 0 Å². The molecule has 0 aromatic heterocycles. The Morgan fingerprint density at radius 1 is 0.722 bits per heavy atom. The van der Waals surface area contributed by atoms with Gasteiger partial charge in [0, 0.05) is 12.1 Å². The monoisotopic (exact) mass is 251 g/mol. The van der Waals surface area contributed by atoms with Gasteiger partial charge in [-0.2, -0.15) is 0 Å². The van der Waals surface area contributed by atoms with Crippen LogP contribution in [0.15, 0.2) is 0 Å². The standard InChI is InChI=1S/C17H33N/c1-17(2,3)18-13-12-15-10-8-6-4-5-7-9-11-16(15)14-18/h15-16H,4-14H2,1-3H3. The molecule has 18 heavy (non-hydrogen) atoms. The summed E-state index contributed by atoms with van der Waals surface area (Å²) in [4.78, 5) is 2.74. The molecule has 2 unspecified atom stereocenters. The van der Waals surface area contributed by atoms with Gasteiger partial charge in [-0.25, -0.2) is 0 Å². The van der Waals surface area contributed by atoms with Gasteiger partial charge in [0.05, 0.1) is 0 Å². The first-order valence-electron chi connectivity index (χ1n) is 8.32. The molecular formula is C17H33N. The minimum atomic E-state index is 0.375. The molecule has 1 aliphatic heterocycles. The van der Waals surface area contributed by atoms with Crippen molar-refractivity contribution in [2.45, 2.75) is 84.1 Å². The first-order valence-corrected chi connectivity index (χ1v) is 8.32. The quantitative estimate of drug-likeness (QED) is 0.594. The average molecular weight is 251 g/mol. The normalized spacial score (nSPS) is 32.8. The molecule has 2 aliphatic rings. The molecule has 2 fully saturated rings. The molecule has 1 saturated carbocycles. The summed E-state index contributed by atoms with van der Waals surface area (Å²) in [6, 6.07) is 0. The lowest BCUT2D eigenvalue weighted by Crippen LogP contribution is -2.49. The van der Waals surface area contributed by atoms with Crippen LogP contribution in [0.2, 0.25) is 0 Å². The van der Waals surface area contributed by atoms with Crippen LogP contribution in [0.5, 0.6) is 0 Å². The van der Waals surface area contributed by atoms with Crippen LogP contribution in [0, 0.1) is 11.8 Å². The van der Waals surface area contributed by atoms with Crippen LogP contribution in [0.4, 0.5) is 0 Å². The zero-order chi connectivity index (χ0) is 13.0. The summed E-state index contributed by atoms with van der Waals surface area (Å²) in [5.74, 6) is 2.04. The Balaban J connectivity index is 1.93. The molecule has 2 atom stereocenters. The van der Waals surface area contributed by atoms with E-state index in [-0.39, 0.29) is 0 Å². The topological polar surface area (TPSA) is 3.24 Å². The lowest BCUT2D eigenvalue weighted by atomic mass is 9.77. The molecule has 0 spiro atoms. The van der Waals surface area contributed by atoms with Gasteiger partial charge in [-0.1, -0.05) is 44.9 Å². The van der Waals surface area contributed by atoms with Gasteiger partial charge in [-0.05, 0) is 52.0 Å². The highest BCUT2D eigenvalue weighted by atomic mass is 15.2. The molecule has 0 radical (unpaired) electrons. The number of rotatable bonds is 0. The maximum Gasteiger partial charge on any atom is 0.0125 e. The third kappa shape index (κ3) is 3.98. The van der Waals surface area contributed by atoms with Gasteiger partial charge in [0.25, 0.3) is 0 Å². The van der Waals surface area contributed by atoms with Gasteiger partial charge >= 0.3 is 0 Å². The van der Waals surface area contributed by atoms with Crippen LogP contribution in [-0.2, 0) is 0 Å². The minimum Gasteiger partial charge on any atom is -0.298 e. The fourth-order valence-electron chi connectivity index (χ4n) is 3.92. The van der Waals surface area contributed by atoms with E-state index in [2.05, 4.69) is 25.7 Å². The molecule has 1 aliphatic carbocycles. The van der Waals surface area contributed by atoms with E-state index in [1.165, 1.54) is 70.9 Å². The van der Waals surface area contributed by atoms with Gasteiger partial charge in [-0.15, -0.1) is 0 Å². The first-order chi connectivity index (χ1) is 8.57. The van der Waals surface area contributed by atoms with E-state index < -0.39 is 0 Å². The van der Waals surface area contributed by atoms with Gasteiger partial charge in [-0.3, -0.25) is 4.90 Å². The van der Waals surface area contributed by atoms with Crippen LogP contribution in [0.3, 0.4) is 0 Å². The van der Waals surface area contributed by atoms with Gasteiger partial charge in [0.1, 0.15) is 0 Å². The molecule has 0 amide bonds. The summed E-state index contributed by atoms with van der Waals surface area (Å²) in [5.41, 5.74) is 0.375. The summed E-state index contributed by atoms with van der Waals surface area (Å²) in [6.07, 6.45) is 13.4. The second kappa shape index (κ2) is 6.41. The molecule has 0 N–H and O–H groups in total. The predicted octanol–water partition coefficient (Wildman–Crippen LogP) is 4.86. The van der Waals surface area contributed by atoms with Crippen LogP contribution >= 0.6 is 0 Å². The van der Waals surface area contributed by atoms with Crippen LogP contribution in [-0.4, -0.2) is 23.5 Å². The lowest BCUT2D eigenvalue weighted by Gasteiger charge is -2.45. The van der Waals surface area contributed by atoms with Gasteiger partial charge < -0.3 is 0 Å². The number of likely N-dealkylation sites (tertiary alicyclic amines) is 1. The van der Waals surface area contributed by atoms with Crippen LogP contribution in [0.1, 0.15) is 78.6 Å². The van der Waals surface area contributed by atoms with Crippen LogP contribution in [0.25, 0.3) is 0 Å². The Morgan fingerprint density at radius 3 is 1.89 bits per heavy atom. The zero-order valence-corrected chi connectivity index (χ0v) is 12.9. The van der Waals surface area contributed by atoms with Crippen molar-refractivity contribution in [2.75, 3.05) is 13.1 Å². The molecule has 0 aromatic carbocycles. The summed E-state index contributed by atoms with van der Waals surface area (Å²) < 4.78 is 0. The van der Waals surface area contributed by atoms with Crippen molar-refractivity contribution in [2.24, 2.45) is 11.8 Å². The maximum absolute atomic E-state index is 2.74. The molecule has 106 valence electrons. The highest BCUT2D eigenvalue weighted by molar-refractivity contribution is 4.86. The van der Waals surface area contributed by atoms with Crippen molar-refractivity contribution in [3.63, 3.8) is 0 Å². The van der Waals surface area contributed by atoms with E-state index in [4.69, 9.17) is 0 Å². The highest BCUT2D eigenvalue weighted by Crippen LogP contribution is 2.35. The van der Waals surface area contributed by atoms with Gasteiger partial charge in [0.2, 0.25) is 0 Å². The largest absolute Gasteiger partial charge is 0.298 e. The fourth-order valence-corrected chi connectivity index (χ4v) is 3.92. The van der Waals surface area contributed by atoms with E-state index in [0.717, 1.165) is 11.8 Å². The molecule has 0 aromatic rings. The molecular weight excluding hydrogens is 218 g/mol. The molecule has 2 rings (SSSR count). The molecule has 1 saturated heterocycles. The third-order valence-corrected chi connectivity index (χ3v) is 5.24. The van der Waals surface area contributed by atoms with Crippen molar-refractivity contribution >= 4 is 0 Å². The maximum atomic E-state index is 2.74. The Bertz CT molecular complexity index is 240. The molecule has 1 heteroatoms. The SMILES string of the molecule is CC(C)(C)N1CCC2CCCCCCCCC2C1. The van der Waals surface area contributed by atoms with Crippen molar-refractivity contribution in [1.82, 2.24) is 4.90 Å². The third-order valence-electron chi connectivity index (χ3n) is 5.24. The van der Waals surface area contributed by atoms with E-state index in [1.54, 1.807) is 0 Å². The number of piperidine rings is 1. The lowest BCUT2D eigenvalue weighted by molar-refractivity contribution is 0.0379. The average Bonchev–Trinajstić information content (AvgIpc) is 2.33. The van der Waals surface area contributed by atoms with E-state index in [1.807, 2.05) is 0 Å². The van der Waals surface area contributed by atoms with E-state index in [9.17, 15) is 0 Å². The first kappa shape index (κ1) is 14.4. The van der Waals surface area contributed by atoms with Crippen molar-refractivity contribution in [3.05, 3.63) is 0 Å². The summed E-state index contributed by atoms with van der Waals surface area (Å²) in [6.45, 7) is 9.85. The second-order valence-corrected chi connectivity index (χ2v) is 7.62. The number of hydrogen-bond donors (Lipinski definition) is 0. The minimum absolute atomic E-state index is 0.375. The summed E-state index contributed by atoms with van der Waals surface area (Å²) in [7, 11) is 0. The number of nitrogens with zero attached hydrogens (tertiary/aromatic N) is 1. The number of hydrogen-bond acceptors (Lipinski definition) is 1. The Hall–Kier alpha value is -0.0400. The summed E-state index contributed by atoms with van der Waals surface area (Å²) >= 11 is 0. The van der Waals surface area contributed by atoms with Crippen molar-refractivity contribution < 1.29 is 0 Å². The predicted molar refractivity (Wildman–Crippen MR) is 79.9 cm³/mol. The highest BCUT2D eigenvalue weighted by Gasteiger charge is 2.33. The van der Waals surface area contributed by atoms with Crippen molar-refractivity contribution in [3.8, 4) is 0 Å². The molecule has 1 heterocycles. The Kier molecular flexibility index (Phi) is 5.12. The Labute approximate surface area is 114 Å².